The lowest BCUT2D eigenvalue weighted by molar-refractivity contribution is 0.723. The van der Waals surface area contributed by atoms with Crippen LogP contribution in [0.3, 0.4) is 0 Å². The van der Waals surface area contributed by atoms with Crippen molar-refractivity contribution >= 4 is 44.6 Å². The number of rotatable bonds is 1. The predicted octanol–water partition coefficient (Wildman–Crippen LogP) is 9.55. The second-order valence-electron chi connectivity index (χ2n) is 11.4. The Morgan fingerprint density at radius 2 is 1.16 bits per heavy atom. The van der Waals surface area contributed by atoms with Crippen molar-refractivity contribution in [1.82, 2.24) is 14.5 Å². The Morgan fingerprint density at radius 3 is 1.98 bits per heavy atom. The van der Waals surface area contributed by atoms with Crippen LogP contribution in [-0.4, -0.2) is 14.5 Å². The van der Waals surface area contributed by atoms with Gasteiger partial charge in [-0.1, -0.05) is 103 Å². The predicted molar refractivity (Wildman–Crippen MR) is 175 cm³/mol. The molecule has 8 aromatic rings. The van der Waals surface area contributed by atoms with Gasteiger partial charge in [0, 0.05) is 20.6 Å². The van der Waals surface area contributed by atoms with E-state index < -0.39 is 5.41 Å². The van der Waals surface area contributed by atoms with Gasteiger partial charge in [-0.3, -0.25) is 9.55 Å². The molecule has 200 valence electrons. The van der Waals surface area contributed by atoms with Crippen molar-refractivity contribution in [2.45, 2.75) is 15.2 Å². The van der Waals surface area contributed by atoms with Gasteiger partial charge < -0.3 is 0 Å². The third-order valence-corrected chi connectivity index (χ3v) is 10.5. The first kappa shape index (κ1) is 23.4. The molecule has 0 saturated carbocycles. The number of aromatic nitrogens is 3. The number of fused-ring (bicyclic) bond motifs is 13. The number of benzene rings is 6. The first-order valence-electron chi connectivity index (χ1n) is 14.6. The van der Waals surface area contributed by atoms with Crippen LogP contribution in [0.2, 0.25) is 0 Å². The van der Waals surface area contributed by atoms with Gasteiger partial charge in [0.2, 0.25) is 0 Å². The van der Waals surface area contributed by atoms with Crippen molar-refractivity contribution in [3.63, 3.8) is 0 Å². The Balaban J connectivity index is 1.39. The second-order valence-corrected chi connectivity index (χ2v) is 12.5. The highest BCUT2D eigenvalue weighted by Gasteiger charge is 2.50. The molecule has 0 N–H and O–H groups in total. The first-order chi connectivity index (χ1) is 21.3. The number of hydrogen-bond acceptors (Lipinski definition) is 3. The van der Waals surface area contributed by atoms with Gasteiger partial charge in [0.1, 0.15) is 0 Å². The Morgan fingerprint density at radius 1 is 0.512 bits per heavy atom. The van der Waals surface area contributed by atoms with Crippen molar-refractivity contribution in [1.29, 1.82) is 0 Å². The molecule has 1 aliphatic heterocycles. The second kappa shape index (κ2) is 8.43. The molecule has 4 heteroatoms. The monoisotopic (exact) mass is 565 g/mol. The highest BCUT2D eigenvalue weighted by atomic mass is 32.2. The van der Waals surface area contributed by atoms with E-state index in [0.717, 1.165) is 27.9 Å². The number of nitrogens with zero attached hydrogens (tertiary/aromatic N) is 3. The maximum Gasteiger partial charge on any atom is 0.156 e. The molecule has 2 aliphatic rings. The minimum atomic E-state index is -0.422. The molecular weight excluding hydrogens is 543 g/mol. The highest BCUT2D eigenvalue weighted by Crippen LogP contribution is 2.62. The van der Waals surface area contributed by atoms with Crippen molar-refractivity contribution in [3.8, 4) is 16.9 Å². The lowest BCUT2D eigenvalue weighted by atomic mass is 9.67. The summed E-state index contributed by atoms with van der Waals surface area (Å²) < 4.78 is 2.30. The summed E-state index contributed by atoms with van der Waals surface area (Å²) in [5.41, 5.74) is 11.6. The van der Waals surface area contributed by atoms with Gasteiger partial charge in [-0.05, 0) is 75.8 Å². The maximum absolute atomic E-state index is 5.12. The Labute approximate surface area is 252 Å². The van der Waals surface area contributed by atoms with Crippen molar-refractivity contribution in [2.75, 3.05) is 0 Å². The zero-order valence-electron chi connectivity index (χ0n) is 23.0. The summed E-state index contributed by atoms with van der Waals surface area (Å²) >= 11 is 1.88. The van der Waals surface area contributed by atoms with Gasteiger partial charge in [-0.2, -0.15) is 0 Å². The van der Waals surface area contributed by atoms with E-state index in [-0.39, 0.29) is 0 Å². The largest absolute Gasteiger partial charge is 0.292 e. The van der Waals surface area contributed by atoms with Crippen LogP contribution in [0.4, 0.5) is 0 Å². The standard InChI is InChI=1S/C39H23N3S/c1-3-13-28-24(11-1)26-21-27-25-12-2-8-18-34(25)42(38-23-40-32-16-6-7-17-33(32)41-38)35(27)22-31(26)39(28)29-14-4-9-19-36(29)43-37-20-10-5-15-30(37)39/h1-23H. The SMILES string of the molecule is c1ccc2c(c1)Sc1ccccc1C21c2ccccc2-c2cc3c4ccccc4n(-c4cnc5ccccc5n4)c3cc21. The van der Waals surface area contributed by atoms with E-state index in [4.69, 9.17) is 9.97 Å². The van der Waals surface area contributed by atoms with Gasteiger partial charge >= 0.3 is 0 Å². The van der Waals surface area contributed by atoms with E-state index in [2.05, 4.69) is 114 Å². The molecule has 10 rings (SSSR count). The van der Waals surface area contributed by atoms with Gasteiger partial charge in [-0.15, -0.1) is 0 Å². The smallest absolute Gasteiger partial charge is 0.156 e. The summed E-state index contributed by atoms with van der Waals surface area (Å²) in [4.78, 5) is 12.6. The molecule has 0 unspecified atom stereocenters. The maximum atomic E-state index is 5.12. The summed E-state index contributed by atoms with van der Waals surface area (Å²) in [5, 5.41) is 2.44. The molecule has 1 aliphatic carbocycles. The molecule has 0 amide bonds. The molecule has 0 fully saturated rings. The molecule has 2 aromatic heterocycles. The molecule has 0 atom stereocenters. The zero-order chi connectivity index (χ0) is 28.1. The summed E-state index contributed by atoms with van der Waals surface area (Å²) in [7, 11) is 0. The molecule has 0 saturated heterocycles. The van der Waals surface area contributed by atoms with Crippen LogP contribution in [-0.2, 0) is 5.41 Å². The molecule has 3 heterocycles. The fourth-order valence-corrected chi connectivity index (χ4v) is 8.81. The Bertz CT molecular complexity index is 2410. The normalized spacial score (nSPS) is 14.1. The third kappa shape index (κ3) is 2.96. The molecule has 1 spiro atoms. The van der Waals surface area contributed by atoms with Crippen LogP contribution < -0.4 is 0 Å². The Hall–Kier alpha value is -5.19. The highest BCUT2D eigenvalue weighted by molar-refractivity contribution is 7.99. The minimum Gasteiger partial charge on any atom is -0.292 e. The molecule has 3 nitrogen and oxygen atoms in total. The number of hydrogen-bond donors (Lipinski definition) is 0. The quantitative estimate of drug-likeness (QED) is 0.199. The van der Waals surface area contributed by atoms with Gasteiger partial charge in [-0.25, -0.2) is 4.98 Å². The van der Waals surface area contributed by atoms with Crippen LogP contribution in [0, 0.1) is 0 Å². The van der Waals surface area contributed by atoms with E-state index >= 15 is 0 Å². The van der Waals surface area contributed by atoms with E-state index in [1.807, 2.05) is 42.2 Å². The van der Waals surface area contributed by atoms with Gasteiger partial charge in [0.25, 0.3) is 0 Å². The fourth-order valence-electron chi connectivity index (χ4n) is 7.62. The van der Waals surface area contributed by atoms with Crippen molar-refractivity contribution in [2.24, 2.45) is 0 Å². The molecule has 43 heavy (non-hydrogen) atoms. The van der Waals surface area contributed by atoms with Crippen LogP contribution >= 0.6 is 11.8 Å². The van der Waals surface area contributed by atoms with Crippen molar-refractivity contribution < 1.29 is 0 Å². The molecule has 0 bridgehead atoms. The van der Waals surface area contributed by atoms with E-state index in [1.54, 1.807) is 0 Å². The topological polar surface area (TPSA) is 30.7 Å². The lowest BCUT2D eigenvalue weighted by Gasteiger charge is -2.39. The van der Waals surface area contributed by atoms with Crippen LogP contribution in [0.1, 0.15) is 22.3 Å². The number of para-hydroxylation sites is 3. The molecular formula is C39H23N3S. The summed E-state index contributed by atoms with van der Waals surface area (Å²) in [5.74, 6) is 0.828. The van der Waals surface area contributed by atoms with Crippen LogP contribution in [0.5, 0.6) is 0 Å². The lowest BCUT2D eigenvalue weighted by Crippen LogP contribution is -2.31. The zero-order valence-corrected chi connectivity index (χ0v) is 23.8. The summed E-state index contributed by atoms with van der Waals surface area (Å²) in [6, 6.07) is 48.6. The van der Waals surface area contributed by atoms with Crippen molar-refractivity contribution in [3.05, 3.63) is 162 Å². The average molecular weight is 566 g/mol. The van der Waals surface area contributed by atoms with Crippen LogP contribution in [0.25, 0.3) is 49.8 Å². The fraction of sp³-hybridized carbons (Fsp3) is 0.0256. The van der Waals surface area contributed by atoms with Gasteiger partial charge in [0.15, 0.2) is 5.82 Å². The van der Waals surface area contributed by atoms with Crippen LogP contribution in [0.15, 0.2) is 149 Å². The molecule has 6 aromatic carbocycles. The minimum absolute atomic E-state index is 0.422. The summed E-state index contributed by atoms with van der Waals surface area (Å²) in [6.45, 7) is 0. The average Bonchev–Trinajstić information content (AvgIpc) is 3.54. The summed E-state index contributed by atoms with van der Waals surface area (Å²) in [6.07, 6.45) is 1.91. The van der Waals surface area contributed by atoms with E-state index in [9.17, 15) is 0 Å². The molecule has 0 radical (unpaired) electrons. The first-order valence-corrected chi connectivity index (χ1v) is 15.4. The third-order valence-electron chi connectivity index (χ3n) is 9.30. The van der Waals surface area contributed by atoms with Gasteiger partial charge in [0.05, 0.1) is 33.7 Å². The van der Waals surface area contributed by atoms with E-state index in [1.165, 1.54) is 53.9 Å². The van der Waals surface area contributed by atoms with E-state index in [0.29, 0.717) is 0 Å². The Kier molecular flexibility index (Phi) is 4.59.